The van der Waals surface area contributed by atoms with Crippen molar-refractivity contribution < 1.29 is 42.2 Å². The van der Waals surface area contributed by atoms with Crippen LogP contribution in [-0.4, -0.2) is 86.0 Å². The van der Waals surface area contributed by atoms with E-state index in [9.17, 15) is 27.9 Å². The van der Waals surface area contributed by atoms with E-state index < -0.39 is 59.1 Å². The number of carboxylic acids is 1. The number of anilines is 1. The van der Waals surface area contributed by atoms with Crippen LogP contribution in [0.5, 0.6) is 0 Å². The highest BCUT2D eigenvalue weighted by molar-refractivity contribution is 7.88. The zero-order valence-electron chi connectivity index (χ0n) is 24.3. The number of nitrogens with one attached hydrogen (secondary N) is 3. The van der Waals surface area contributed by atoms with Crippen molar-refractivity contribution in [1.82, 2.24) is 20.1 Å². The fraction of sp³-hybridized carbons (Fsp3) is 0.333. The fourth-order valence-corrected chi connectivity index (χ4v) is 5.82. The third-order valence-electron chi connectivity index (χ3n) is 6.67. The molecule has 1 aliphatic heterocycles. The van der Waals surface area contributed by atoms with Crippen LogP contribution < -0.4 is 15.4 Å². The minimum Gasteiger partial charge on any atom is -0.480 e. The van der Waals surface area contributed by atoms with Gasteiger partial charge in [-0.2, -0.15) is 4.72 Å². The Balaban J connectivity index is 1.26. The smallest absolute Gasteiger partial charge is 0.480 e. The molecule has 0 spiro atoms. The number of pyridine rings is 1. The molecule has 0 bridgehead atoms. The third kappa shape index (κ3) is 11.5. The number of carbonyl (C=O) groups is 3. The first-order chi connectivity index (χ1) is 21.7. The molecule has 0 radical (unpaired) electrons. The third-order valence-corrected chi connectivity index (χ3v) is 8.03. The van der Waals surface area contributed by atoms with E-state index in [-0.39, 0.29) is 19.2 Å². The molecule has 240 valence electrons. The van der Waals surface area contributed by atoms with Gasteiger partial charge in [-0.25, -0.2) is 18.2 Å². The van der Waals surface area contributed by atoms with E-state index in [1.807, 2.05) is 36.4 Å². The van der Waals surface area contributed by atoms with Gasteiger partial charge in [-0.15, -0.1) is 5.06 Å². The summed E-state index contributed by atoms with van der Waals surface area (Å²) in [5, 5.41) is 16.5. The van der Waals surface area contributed by atoms with Crippen LogP contribution >= 0.6 is 0 Å². The average molecular weight is 642 g/mol. The van der Waals surface area contributed by atoms with E-state index in [2.05, 4.69) is 20.3 Å². The fourth-order valence-electron chi connectivity index (χ4n) is 4.48. The number of hydrogen-bond donors (Lipinski definition) is 4. The molecule has 1 fully saturated rings. The Kier molecular flexibility index (Phi) is 12.2. The monoisotopic (exact) mass is 641 g/mol. The second kappa shape index (κ2) is 16.5. The summed E-state index contributed by atoms with van der Waals surface area (Å²) >= 11 is 0. The number of hydroxylamine groups is 2. The van der Waals surface area contributed by atoms with E-state index in [1.54, 1.807) is 48.7 Å². The number of aliphatic carboxylic acids is 1. The maximum Gasteiger partial charge on any atom is 0.528 e. The number of rotatable bonds is 16. The number of carboxylic acid groups (broad SMARTS) is 1. The maximum absolute atomic E-state index is 12.5. The molecule has 2 heterocycles. The summed E-state index contributed by atoms with van der Waals surface area (Å²) in [5.41, 5.74) is 1.28. The minimum atomic E-state index is -4.00. The molecule has 1 saturated heterocycles. The lowest BCUT2D eigenvalue weighted by Gasteiger charge is -2.22. The highest BCUT2D eigenvalue weighted by Gasteiger charge is 2.36. The number of carbonyl (C=O) groups excluding carboxylic acids is 2. The Hall–Kier alpha value is -4.57. The van der Waals surface area contributed by atoms with Gasteiger partial charge in [0.05, 0.1) is 24.4 Å². The van der Waals surface area contributed by atoms with Gasteiger partial charge in [0, 0.05) is 19.3 Å². The van der Waals surface area contributed by atoms with Crippen LogP contribution in [0.25, 0.3) is 0 Å². The molecule has 1 aromatic heterocycles. The van der Waals surface area contributed by atoms with Crippen molar-refractivity contribution in [2.75, 3.05) is 31.6 Å². The van der Waals surface area contributed by atoms with Crippen molar-refractivity contribution >= 4 is 33.9 Å². The summed E-state index contributed by atoms with van der Waals surface area (Å²) in [6.07, 6.45) is 0.609. The van der Waals surface area contributed by atoms with Crippen LogP contribution in [0.3, 0.4) is 0 Å². The van der Waals surface area contributed by atoms with Gasteiger partial charge in [-0.3, -0.25) is 9.59 Å². The molecule has 3 atom stereocenters. The Morgan fingerprint density at radius 1 is 0.978 bits per heavy atom. The van der Waals surface area contributed by atoms with Crippen molar-refractivity contribution in [2.45, 2.75) is 37.0 Å². The molecule has 0 saturated carbocycles. The molecule has 1 amide bonds. The van der Waals surface area contributed by atoms with E-state index in [0.29, 0.717) is 24.3 Å². The zero-order chi connectivity index (χ0) is 32.1. The van der Waals surface area contributed by atoms with E-state index in [4.69, 9.17) is 14.3 Å². The van der Waals surface area contributed by atoms with E-state index in [1.165, 1.54) is 5.06 Å². The van der Waals surface area contributed by atoms with Crippen molar-refractivity contribution in [3.63, 3.8) is 0 Å². The summed E-state index contributed by atoms with van der Waals surface area (Å²) in [5.74, 6) is -1.88. The molecule has 3 aromatic rings. The van der Waals surface area contributed by atoms with E-state index in [0.717, 1.165) is 5.56 Å². The number of hydrogen-bond acceptors (Lipinski definition) is 11. The maximum atomic E-state index is 12.5. The van der Waals surface area contributed by atoms with Gasteiger partial charge in [0.2, 0.25) is 15.9 Å². The van der Waals surface area contributed by atoms with Gasteiger partial charge >= 0.3 is 12.1 Å². The van der Waals surface area contributed by atoms with Crippen LogP contribution in [0.4, 0.5) is 10.6 Å². The topological polar surface area (TPSA) is 185 Å². The normalized spacial score (nSPS) is 17.2. The van der Waals surface area contributed by atoms with Crippen molar-refractivity contribution in [3.05, 3.63) is 96.2 Å². The lowest BCUT2D eigenvalue weighted by molar-refractivity contribution is -0.143. The summed E-state index contributed by atoms with van der Waals surface area (Å²) in [4.78, 5) is 46.3. The quantitative estimate of drug-likeness (QED) is 0.167. The average Bonchev–Trinajstić information content (AvgIpc) is 3.42. The van der Waals surface area contributed by atoms with Gasteiger partial charge in [0.15, 0.2) is 0 Å². The highest BCUT2D eigenvalue weighted by atomic mass is 32.2. The molecule has 4 N–H and O–H groups in total. The SMILES string of the molecule is O=C(COC1CC(CNc2ccccn2)N(OC(=O)OCc2ccccc2)C1)NCC(NS(=O)(=O)Cc1ccccc1)C(=O)O. The second-order valence-corrected chi connectivity index (χ2v) is 11.9. The molecule has 2 aromatic carbocycles. The zero-order valence-corrected chi connectivity index (χ0v) is 25.1. The number of benzene rings is 2. The molecule has 3 unspecified atom stereocenters. The molecule has 0 aliphatic carbocycles. The van der Waals surface area contributed by atoms with E-state index >= 15 is 0 Å². The Bertz CT molecular complexity index is 1500. The number of aromatic nitrogens is 1. The summed E-state index contributed by atoms with van der Waals surface area (Å²) in [6.45, 7) is -0.405. The van der Waals surface area contributed by atoms with Crippen LogP contribution in [-0.2, 0) is 46.3 Å². The molecule has 45 heavy (non-hydrogen) atoms. The van der Waals surface area contributed by atoms with Gasteiger partial charge in [-0.1, -0.05) is 66.7 Å². The number of sulfonamides is 1. The number of amides is 1. The minimum absolute atomic E-state index is 0.0320. The Morgan fingerprint density at radius 3 is 2.33 bits per heavy atom. The van der Waals surface area contributed by atoms with Crippen LogP contribution in [0, 0.1) is 0 Å². The van der Waals surface area contributed by atoms with Gasteiger partial charge in [0.1, 0.15) is 25.1 Å². The lowest BCUT2D eigenvalue weighted by Crippen LogP contribution is -2.49. The number of nitrogens with zero attached hydrogens (tertiary/aromatic N) is 2. The first-order valence-electron chi connectivity index (χ1n) is 14.1. The molecule has 1 aliphatic rings. The van der Waals surface area contributed by atoms with Crippen LogP contribution in [0.2, 0.25) is 0 Å². The van der Waals surface area contributed by atoms with Crippen LogP contribution in [0.1, 0.15) is 17.5 Å². The standard InChI is InChI=1S/C30H35N5O9S/c36-28(33-17-26(29(37)38)34-45(40,41)21-23-11-5-2-6-12-23)20-42-25-15-24(16-32-27-13-7-8-14-31-27)35(18-25)44-30(39)43-19-22-9-3-1-4-10-22/h1-14,24-26,34H,15-21H2,(H,31,32)(H,33,36)(H,37,38). The lowest BCUT2D eigenvalue weighted by atomic mass is 10.2. The van der Waals surface area contributed by atoms with Crippen molar-refractivity contribution in [2.24, 2.45) is 0 Å². The predicted molar refractivity (Wildman–Crippen MR) is 162 cm³/mol. The first-order valence-corrected chi connectivity index (χ1v) is 15.8. The van der Waals surface area contributed by atoms with Gasteiger partial charge < -0.3 is 30.1 Å². The largest absolute Gasteiger partial charge is 0.528 e. The molecular formula is C30H35N5O9S. The molecule has 4 rings (SSSR count). The van der Waals surface area contributed by atoms with Gasteiger partial charge in [0.25, 0.3) is 0 Å². The molecule has 15 heteroatoms. The van der Waals surface area contributed by atoms with Crippen LogP contribution in [0.15, 0.2) is 85.1 Å². The number of ether oxygens (including phenoxy) is 2. The van der Waals surface area contributed by atoms with Crippen molar-refractivity contribution in [3.8, 4) is 0 Å². The second-order valence-electron chi connectivity index (χ2n) is 10.2. The Labute approximate surface area is 260 Å². The molecule has 14 nitrogen and oxygen atoms in total. The van der Waals surface area contributed by atoms with Crippen molar-refractivity contribution in [1.29, 1.82) is 0 Å². The van der Waals surface area contributed by atoms with Gasteiger partial charge in [-0.05, 0) is 29.7 Å². The summed E-state index contributed by atoms with van der Waals surface area (Å²) in [7, 11) is -4.00. The highest BCUT2D eigenvalue weighted by Crippen LogP contribution is 2.22. The first kappa shape index (κ1) is 33.3. The predicted octanol–water partition coefficient (Wildman–Crippen LogP) is 1.91. The summed E-state index contributed by atoms with van der Waals surface area (Å²) < 4.78 is 38.1. The Morgan fingerprint density at radius 2 is 1.67 bits per heavy atom. The molecular weight excluding hydrogens is 606 g/mol. The summed E-state index contributed by atoms with van der Waals surface area (Å²) in [6, 6.07) is 20.9.